The molecule has 1 aliphatic carbocycles. The van der Waals surface area contributed by atoms with E-state index in [1.54, 1.807) is 0 Å². The van der Waals surface area contributed by atoms with Crippen LogP contribution < -0.4 is 0 Å². The van der Waals surface area contributed by atoms with Crippen LogP contribution in [-0.4, -0.2) is 24.0 Å². The number of likely N-dealkylation sites (tertiary alicyclic amines) is 1. The van der Waals surface area contributed by atoms with E-state index in [2.05, 4.69) is 11.0 Å². The number of piperidine rings is 1. The molecule has 1 saturated heterocycles. The third-order valence-corrected chi connectivity index (χ3v) is 4.01. The fraction of sp³-hybridized carbons (Fsp3) is 0.923. The summed E-state index contributed by atoms with van der Waals surface area (Å²) >= 11 is 0. The van der Waals surface area contributed by atoms with Gasteiger partial charge in [-0.2, -0.15) is 5.26 Å². The monoisotopic (exact) mass is 206 g/mol. The second-order valence-corrected chi connectivity index (χ2v) is 5.07. The molecule has 2 rings (SSSR count). The van der Waals surface area contributed by atoms with E-state index in [4.69, 9.17) is 0 Å². The van der Waals surface area contributed by atoms with Crippen LogP contribution in [0.3, 0.4) is 0 Å². The standard InChI is InChI=1S/C13H22N2/c14-11-13(12-7-3-1-4-8-12)15-9-5-2-6-10-15/h12-13H,1-10H2. The normalized spacial score (nSPS) is 27.1. The second kappa shape index (κ2) is 5.51. The van der Waals surface area contributed by atoms with Crippen LogP contribution in [0.5, 0.6) is 0 Å². The minimum atomic E-state index is 0.227. The molecule has 2 fully saturated rings. The molecule has 0 spiro atoms. The molecular weight excluding hydrogens is 184 g/mol. The first-order valence-corrected chi connectivity index (χ1v) is 6.55. The first-order valence-electron chi connectivity index (χ1n) is 6.55. The SMILES string of the molecule is N#CC(C1CCCCC1)N1CCCCC1. The molecule has 2 nitrogen and oxygen atoms in total. The van der Waals surface area contributed by atoms with Crippen LogP contribution >= 0.6 is 0 Å². The fourth-order valence-electron chi connectivity index (χ4n) is 3.13. The highest BCUT2D eigenvalue weighted by Crippen LogP contribution is 2.29. The minimum absolute atomic E-state index is 0.227. The predicted octanol–water partition coefficient (Wildman–Crippen LogP) is 2.94. The number of nitriles is 1. The number of nitrogens with zero attached hydrogens (tertiary/aromatic N) is 2. The van der Waals surface area contributed by atoms with Crippen molar-refractivity contribution in [3.63, 3.8) is 0 Å². The Kier molecular flexibility index (Phi) is 4.02. The van der Waals surface area contributed by atoms with Crippen molar-refractivity contribution in [1.29, 1.82) is 5.26 Å². The zero-order chi connectivity index (χ0) is 10.5. The van der Waals surface area contributed by atoms with Crippen LogP contribution in [0.2, 0.25) is 0 Å². The maximum atomic E-state index is 9.34. The molecule has 1 aliphatic heterocycles. The van der Waals surface area contributed by atoms with Crippen LogP contribution in [0.15, 0.2) is 0 Å². The Morgan fingerprint density at radius 2 is 1.53 bits per heavy atom. The van der Waals surface area contributed by atoms with Crippen LogP contribution in [0.1, 0.15) is 51.4 Å². The average molecular weight is 206 g/mol. The molecule has 1 atom stereocenters. The molecular formula is C13H22N2. The predicted molar refractivity (Wildman–Crippen MR) is 61.4 cm³/mol. The first-order chi connectivity index (χ1) is 7.42. The van der Waals surface area contributed by atoms with E-state index in [9.17, 15) is 5.26 Å². The summed E-state index contributed by atoms with van der Waals surface area (Å²) in [5.74, 6) is 0.668. The van der Waals surface area contributed by atoms with Gasteiger partial charge in [0.1, 0.15) is 6.04 Å². The quantitative estimate of drug-likeness (QED) is 0.694. The summed E-state index contributed by atoms with van der Waals surface area (Å²) in [6.07, 6.45) is 10.6. The largest absolute Gasteiger partial charge is 0.288 e. The van der Waals surface area contributed by atoms with Gasteiger partial charge in [0.2, 0.25) is 0 Å². The van der Waals surface area contributed by atoms with Crippen molar-refractivity contribution in [3.8, 4) is 6.07 Å². The van der Waals surface area contributed by atoms with Crippen LogP contribution in [0, 0.1) is 17.2 Å². The lowest BCUT2D eigenvalue weighted by Crippen LogP contribution is -2.43. The van der Waals surface area contributed by atoms with E-state index in [-0.39, 0.29) is 6.04 Å². The maximum absolute atomic E-state index is 9.34. The van der Waals surface area contributed by atoms with Crippen molar-refractivity contribution in [2.75, 3.05) is 13.1 Å². The summed E-state index contributed by atoms with van der Waals surface area (Å²) in [7, 11) is 0. The summed E-state index contributed by atoms with van der Waals surface area (Å²) < 4.78 is 0. The van der Waals surface area contributed by atoms with Crippen LogP contribution in [0.25, 0.3) is 0 Å². The van der Waals surface area contributed by atoms with E-state index in [0.29, 0.717) is 5.92 Å². The zero-order valence-corrected chi connectivity index (χ0v) is 9.62. The highest BCUT2D eigenvalue weighted by atomic mass is 15.2. The van der Waals surface area contributed by atoms with Gasteiger partial charge in [-0.3, -0.25) is 4.90 Å². The minimum Gasteiger partial charge on any atom is -0.288 e. The van der Waals surface area contributed by atoms with Gasteiger partial charge in [-0.25, -0.2) is 0 Å². The lowest BCUT2D eigenvalue weighted by molar-refractivity contribution is 0.131. The lowest BCUT2D eigenvalue weighted by atomic mass is 9.83. The van der Waals surface area contributed by atoms with E-state index in [0.717, 1.165) is 13.1 Å². The van der Waals surface area contributed by atoms with Gasteiger partial charge in [0, 0.05) is 0 Å². The second-order valence-electron chi connectivity index (χ2n) is 5.07. The van der Waals surface area contributed by atoms with Gasteiger partial charge in [-0.05, 0) is 44.7 Å². The number of hydrogen-bond acceptors (Lipinski definition) is 2. The van der Waals surface area contributed by atoms with Gasteiger partial charge in [0.05, 0.1) is 6.07 Å². The Morgan fingerprint density at radius 1 is 0.933 bits per heavy atom. The molecule has 0 N–H and O–H groups in total. The van der Waals surface area contributed by atoms with Gasteiger partial charge >= 0.3 is 0 Å². The molecule has 0 bridgehead atoms. The number of rotatable bonds is 2. The molecule has 15 heavy (non-hydrogen) atoms. The molecule has 1 heterocycles. The van der Waals surface area contributed by atoms with Crippen molar-refractivity contribution >= 4 is 0 Å². The van der Waals surface area contributed by atoms with Gasteiger partial charge in [0.25, 0.3) is 0 Å². The summed E-state index contributed by atoms with van der Waals surface area (Å²) in [6, 6.07) is 2.79. The molecule has 0 aromatic carbocycles. The van der Waals surface area contributed by atoms with Crippen LogP contribution in [-0.2, 0) is 0 Å². The smallest absolute Gasteiger partial charge is 0.101 e. The molecule has 2 aliphatic rings. The van der Waals surface area contributed by atoms with Crippen LogP contribution in [0.4, 0.5) is 0 Å². The van der Waals surface area contributed by atoms with Crippen molar-refractivity contribution in [2.24, 2.45) is 5.92 Å². The first kappa shape index (κ1) is 11.0. The molecule has 0 radical (unpaired) electrons. The van der Waals surface area contributed by atoms with E-state index >= 15 is 0 Å². The molecule has 1 saturated carbocycles. The van der Waals surface area contributed by atoms with E-state index in [1.807, 2.05) is 0 Å². The molecule has 0 aromatic rings. The van der Waals surface area contributed by atoms with Crippen molar-refractivity contribution in [1.82, 2.24) is 4.90 Å². The average Bonchev–Trinajstić information content (AvgIpc) is 2.33. The summed E-state index contributed by atoms with van der Waals surface area (Å²) in [4.78, 5) is 2.44. The van der Waals surface area contributed by atoms with E-state index < -0.39 is 0 Å². The zero-order valence-electron chi connectivity index (χ0n) is 9.62. The third kappa shape index (κ3) is 2.72. The van der Waals surface area contributed by atoms with Crippen molar-refractivity contribution in [2.45, 2.75) is 57.4 Å². The Balaban J connectivity index is 1.92. The Bertz CT molecular complexity index is 201. The fourth-order valence-corrected chi connectivity index (χ4v) is 3.13. The van der Waals surface area contributed by atoms with Gasteiger partial charge < -0.3 is 0 Å². The molecule has 0 amide bonds. The molecule has 1 unspecified atom stereocenters. The Morgan fingerprint density at radius 3 is 2.13 bits per heavy atom. The Labute approximate surface area is 93.3 Å². The molecule has 0 aromatic heterocycles. The highest BCUT2D eigenvalue weighted by molar-refractivity contribution is 4.98. The lowest BCUT2D eigenvalue weighted by Gasteiger charge is -2.36. The van der Waals surface area contributed by atoms with Gasteiger partial charge in [-0.1, -0.05) is 25.7 Å². The third-order valence-electron chi connectivity index (χ3n) is 4.01. The maximum Gasteiger partial charge on any atom is 0.101 e. The summed E-state index contributed by atoms with van der Waals surface area (Å²) in [5.41, 5.74) is 0. The van der Waals surface area contributed by atoms with Crippen molar-refractivity contribution < 1.29 is 0 Å². The van der Waals surface area contributed by atoms with Gasteiger partial charge in [-0.15, -0.1) is 0 Å². The molecule has 84 valence electrons. The molecule has 2 heteroatoms. The van der Waals surface area contributed by atoms with Crippen molar-refractivity contribution in [3.05, 3.63) is 0 Å². The highest BCUT2D eigenvalue weighted by Gasteiger charge is 2.29. The van der Waals surface area contributed by atoms with Gasteiger partial charge in [0.15, 0.2) is 0 Å². The summed E-state index contributed by atoms with van der Waals surface area (Å²) in [5, 5.41) is 9.34. The topological polar surface area (TPSA) is 27.0 Å². The van der Waals surface area contributed by atoms with E-state index in [1.165, 1.54) is 51.4 Å². The number of hydrogen-bond donors (Lipinski definition) is 0. The summed E-state index contributed by atoms with van der Waals surface area (Å²) in [6.45, 7) is 2.32. The Hall–Kier alpha value is -0.550.